The molecular formula is C24H29NO6. The van der Waals surface area contributed by atoms with Gasteiger partial charge in [0, 0.05) is 35.4 Å². The fraction of sp³-hybridized carbons (Fsp3) is 0.500. The molecule has 0 unspecified atom stereocenters. The fourth-order valence-electron chi connectivity index (χ4n) is 5.63. The molecule has 3 aliphatic rings. The van der Waals surface area contributed by atoms with Crippen LogP contribution in [-0.4, -0.2) is 62.2 Å². The summed E-state index contributed by atoms with van der Waals surface area (Å²) in [7, 11) is 5.12. The van der Waals surface area contributed by atoms with Crippen LogP contribution in [0.4, 0.5) is 0 Å². The van der Waals surface area contributed by atoms with Gasteiger partial charge in [0.2, 0.25) is 0 Å². The minimum Gasteiger partial charge on any atom is -0.504 e. The van der Waals surface area contributed by atoms with Gasteiger partial charge in [0.05, 0.1) is 20.8 Å². The Balaban J connectivity index is 1.94. The fourth-order valence-corrected chi connectivity index (χ4v) is 5.63. The number of hydrogen-bond donors (Lipinski definition) is 1. The summed E-state index contributed by atoms with van der Waals surface area (Å²) in [6.07, 6.45) is 6.75. The second-order valence-corrected chi connectivity index (χ2v) is 8.47. The first-order valence-corrected chi connectivity index (χ1v) is 10.6. The maximum atomic E-state index is 12.9. The van der Waals surface area contributed by atoms with E-state index in [9.17, 15) is 14.7 Å². The third-order valence-corrected chi connectivity index (χ3v) is 7.05. The van der Waals surface area contributed by atoms with Gasteiger partial charge < -0.3 is 24.2 Å². The molecule has 1 aromatic rings. The quantitative estimate of drug-likeness (QED) is 0.571. The minimum atomic E-state index is -0.533. The largest absolute Gasteiger partial charge is 0.504 e. The maximum Gasteiger partial charge on any atom is 0.330 e. The molecule has 0 amide bonds. The molecule has 0 spiro atoms. The highest BCUT2D eigenvalue weighted by molar-refractivity contribution is 5.96. The third-order valence-electron chi connectivity index (χ3n) is 7.05. The van der Waals surface area contributed by atoms with Crippen molar-refractivity contribution < 1.29 is 28.9 Å². The highest BCUT2D eigenvalue weighted by Crippen LogP contribution is 2.58. The Morgan fingerprint density at radius 3 is 2.81 bits per heavy atom. The van der Waals surface area contributed by atoms with Gasteiger partial charge in [0.1, 0.15) is 0 Å². The molecule has 4 rings (SSSR count). The Bertz CT molecular complexity index is 981. The van der Waals surface area contributed by atoms with Crippen molar-refractivity contribution in [2.45, 2.75) is 37.6 Å². The third kappa shape index (κ3) is 3.31. The lowest BCUT2D eigenvalue weighted by Gasteiger charge is -2.56. The average molecular weight is 427 g/mol. The van der Waals surface area contributed by atoms with Crippen molar-refractivity contribution in [3.8, 4) is 11.5 Å². The van der Waals surface area contributed by atoms with Gasteiger partial charge >= 0.3 is 5.97 Å². The monoisotopic (exact) mass is 427 g/mol. The minimum absolute atomic E-state index is 0.0336. The molecule has 3 atom stereocenters. The first kappa shape index (κ1) is 21.4. The molecule has 1 fully saturated rings. The number of ketones is 1. The van der Waals surface area contributed by atoms with Gasteiger partial charge in [0.15, 0.2) is 23.0 Å². The summed E-state index contributed by atoms with van der Waals surface area (Å²) in [6, 6.07) is 1.90. The zero-order chi connectivity index (χ0) is 22.3. The molecule has 1 heterocycles. The van der Waals surface area contributed by atoms with E-state index in [1.807, 2.05) is 6.08 Å². The number of hydrogen-bond acceptors (Lipinski definition) is 7. The Kier molecular flexibility index (Phi) is 5.56. The molecule has 2 aliphatic carbocycles. The van der Waals surface area contributed by atoms with Crippen LogP contribution in [0.25, 0.3) is 6.08 Å². The lowest BCUT2D eigenvalue weighted by Crippen LogP contribution is -2.60. The Labute approximate surface area is 182 Å². The van der Waals surface area contributed by atoms with E-state index in [0.717, 1.165) is 29.7 Å². The van der Waals surface area contributed by atoms with Crippen LogP contribution >= 0.6 is 0 Å². The smallest absolute Gasteiger partial charge is 0.330 e. The molecule has 0 radical (unpaired) electrons. The standard InChI is InChI=1S/C24H29NO6/c1-5-31-21(27)7-6-14-10-20(30-4)23(28)22-15(14)11-17-16-12-19(29-3)18(26)13-24(16,22)8-9-25(17)2/h6-7,10,12,16-17,28H,5,8-9,11,13H2,1-4H3/b7-6+/t16-,17+,24-/m1/s1. The predicted molar refractivity (Wildman–Crippen MR) is 115 cm³/mol. The van der Waals surface area contributed by atoms with Crippen molar-refractivity contribution in [3.05, 3.63) is 40.7 Å². The summed E-state index contributed by atoms with van der Waals surface area (Å²) >= 11 is 0. The van der Waals surface area contributed by atoms with Crippen molar-refractivity contribution in [3.63, 3.8) is 0 Å². The van der Waals surface area contributed by atoms with E-state index in [4.69, 9.17) is 14.2 Å². The van der Waals surface area contributed by atoms with Crippen LogP contribution in [-0.2, 0) is 30.9 Å². The molecule has 1 saturated heterocycles. The van der Waals surface area contributed by atoms with Crippen molar-refractivity contribution in [1.29, 1.82) is 0 Å². The number of fused-ring (bicyclic) bond motifs is 1. The van der Waals surface area contributed by atoms with Crippen LogP contribution in [0.1, 0.15) is 36.5 Å². The molecule has 7 heteroatoms. The van der Waals surface area contributed by atoms with Gasteiger partial charge in [-0.05, 0) is 62.7 Å². The number of likely N-dealkylation sites (N-methyl/N-ethyl adjacent to an activating group) is 1. The summed E-state index contributed by atoms with van der Waals surface area (Å²) in [5, 5.41) is 11.2. The van der Waals surface area contributed by atoms with E-state index >= 15 is 0 Å². The zero-order valence-corrected chi connectivity index (χ0v) is 18.4. The number of Topliss-reactive ketones (excluding diaryl/α,β-unsaturated/α-hetero) is 1. The number of esters is 1. The molecule has 0 aromatic heterocycles. The number of benzene rings is 1. The van der Waals surface area contributed by atoms with E-state index in [1.54, 1.807) is 19.1 Å². The number of allylic oxidation sites excluding steroid dienone is 1. The van der Waals surface area contributed by atoms with E-state index < -0.39 is 11.4 Å². The van der Waals surface area contributed by atoms with E-state index in [2.05, 4.69) is 11.9 Å². The molecule has 0 saturated carbocycles. The van der Waals surface area contributed by atoms with Gasteiger partial charge in [-0.15, -0.1) is 0 Å². The van der Waals surface area contributed by atoms with Crippen molar-refractivity contribution in [2.24, 2.45) is 5.92 Å². The topological polar surface area (TPSA) is 85.3 Å². The number of methoxy groups -OCH3 is 2. The lowest BCUT2D eigenvalue weighted by molar-refractivity contribution is -0.137. The highest BCUT2D eigenvalue weighted by atomic mass is 16.5. The molecule has 1 aromatic carbocycles. The number of phenolic OH excluding ortho intramolecular Hbond substituents is 1. The number of nitrogens with zero attached hydrogens (tertiary/aromatic N) is 1. The zero-order valence-electron chi connectivity index (χ0n) is 18.4. The summed E-state index contributed by atoms with van der Waals surface area (Å²) in [5.41, 5.74) is 1.98. The summed E-state index contributed by atoms with van der Waals surface area (Å²) in [6.45, 7) is 2.89. The summed E-state index contributed by atoms with van der Waals surface area (Å²) in [5.74, 6) is 0.372. The molecule has 166 valence electrons. The van der Waals surface area contributed by atoms with E-state index in [1.165, 1.54) is 20.3 Å². The van der Waals surface area contributed by atoms with Crippen LogP contribution in [0, 0.1) is 5.92 Å². The van der Waals surface area contributed by atoms with Gasteiger partial charge in [-0.1, -0.05) is 0 Å². The predicted octanol–water partition coefficient (Wildman–Crippen LogP) is 2.59. The first-order chi connectivity index (χ1) is 14.9. The van der Waals surface area contributed by atoms with Crippen molar-refractivity contribution in [2.75, 3.05) is 34.4 Å². The SMILES string of the molecule is CCOC(=O)/C=C/c1cc(OC)c(O)c2c1C[C@H]1[C@H]3C=C(OC)C(=O)C[C@@]23CCN1C. The van der Waals surface area contributed by atoms with Gasteiger partial charge in [-0.2, -0.15) is 0 Å². The summed E-state index contributed by atoms with van der Waals surface area (Å²) in [4.78, 5) is 27.1. The van der Waals surface area contributed by atoms with Crippen LogP contribution < -0.4 is 4.74 Å². The number of piperidine rings is 1. The number of rotatable bonds is 5. The Morgan fingerprint density at radius 1 is 1.35 bits per heavy atom. The van der Waals surface area contributed by atoms with Gasteiger partial charge in [-0.25, -0.2) is 4.79 Å². The molecule has 2 bridgehead atoms. The highest BCUT2D eigenvalue weighted by Gasteiger charge is 2.57. The average Bonchev–Trinajstić information content (AvgIpc) is 2.75. The Hall–Kier alpha value is -2.80. The van der Waals surface area contributed by atoms with Crippen LogP contribution in [0.2, 0.25) is 0 Å². The maximum absolute atomic E-state index is 12.9. The molecule has 1 N–H and O–H groups in total. The van der Waals surface area contributed by atoms with Crippen LogP contribution in [0.15, 0.2) is 24.0 Å². The molecule has 31 heavy (non-hydrogen) atoms. The van der Waals surface area contributed by atoms with Crippen LogP contribution in [0.5, 0.6) is 11.5 Å². The summed E-state index contributed by atoms with van der Waals surface area (Å²) < 4.78 is 15.9. The Morgan fingerprint density at radius 2 is 2.13 bits per heavy atom. The number of likely N-dealkylation sites (tertiary alicyclic amines) is 1. The molecular weight excluding hydrogens is 398 g/mol. The van der Waals surface area contributed by atoms with Gasteiger partial charge in [-0.3, -0.25) is 4.79 Å². The van der Waals surface area contributed by atoms with Gasteiger partial charge in [0.25, 0.3) is 0 Å². The lowest BCUT2D eigenvalue weighted by atomic mass is 9.53. The van der Waals surface area contributed by atoms with E-state index in [-0.39, 0.29) is 29.9 Å². The normalized spacial score (nSPS) is 27.4. The molecule has 7 nitrogen and oxygen atoms in total. The number of carbonyl (C=O) groups excluding carboxylic acids is 2. The van der Waals surface area contributed by atoms with Crippen molar-refractivity contribution >= 4 is 17.8 Å². The second-order valence-electron chi connectivity index (χ2n) is 8.47. The second kappa shape index (κ2) is 8.04. The molecule has 1 aliphatic heterocycles. The van der Waals surface area contributed by atoms with Crippen LogP contribution in [0.3, 0.4) is 0 Å². The number of ether oxygens (including phenoxy) is 3. The first-order valence-electron chi connectivity index (χ1n) is 10.6. The number of carbonyl (C=O) groups is 2. The number of aromatic hydroxyl groups is 1. The number of phenols is 1. The van der Waals surface area contributed by atoms with Crippen molar-refractivity contribution in [1.82, 2.24) is 4.90 Å². The van der Waals surface area contributed by atoms with E-state index in [0.29, 0.717) is 24.5 Å².